The second kappa shape index (κ2) is 8.56. The van der Waals surface area contributed by atoms with E-state index < -0.39 is 10.0 Å². The van der Waals surface area contributed by atoms with Crippen LogP contribution in [0.15, 0.2) is 65.6 Å². The van der Waals surface area contributed by atoms with Gasteiger partial charge in [0.05, 0.1) is 16.9 Å². The van der Waals surface area contributed by atoms with Crippen LogP contribution >= 0.6 is 0 Å². The van der Waals surface area contributed by atoms with Crippen LogP contribution in [0.25, 0.3) is 16.6 Å². The molecule has 2 aromatic carbocycles. The molecule has 36 heavy (non-hydrogen) atoms. The fourth-order valence-corrected chi connectivity index (χ4v) is 5.11. The third kappa shape index (κ3) is 4.47. The molecular weight excluding hydrogens is 474 g/mol. The molecule has 0 atom stereocenters. The minimum atomic E-state index is -3.99. The van der Waals surface area contributed by atoms with Crippen molar-refractivity contribution in [1.82, 2.24) is 24.6 Å². The van der Waals surface area contributed by atoms with Crippen LogP contribution < -0.4 is 10.0 Å². The first kappa shape index (κ1) is 23.7. The van der Waals surface area contributed by atoms with E-state index in [-0.39, 0.29) is 16.3 Å². The Labute approximate surface area is 209 Å². The van der Waals surface area contributed by atoms with Gasteiger partial charge in [-0.2, -0.15) is 5.10 Å². The average molecular weight is 502 g/mol. The minimum absolute atomic E-state index is 0.0290. The van der Waals surface area contributed by atoms with E-state index in [2.05, 4.69) is 40.8 Å². The summed E-state index contributed by atoms with van der Waals surface area (Å²) in [7, 11) is -3.99. The molecule has 2 N–H and O–H groups in total. The highest BCUT2D eigenvalue weighted by Crippen LogP contribution is 2.31. The van der Waals surface area contributed by atoms with Crippen molar-refractivity contribution in [2.75, 3.05) is 10.0 Å². The monoisotopic (exact) mass is 501 g/mol. The number of nitrogens with zero attached hydrogens (tertiary/aromatic N) is 5. The van der Waals surface area contributed by atoms with E-state index >= 15 is 0 Å². The Bertz CT molecular complexity index is 1700. The van der Waals surface area contributed by atoms with Crippen molar-refractivity contribution in [2.24, 2.45) is 0 Å². The van der Waals surface area contributed by atoms with Crippen LogP contribution in [0.2, 0.25) is 0 Å². The quantitative estimate of drug-likeness (QED) is 0.343. The molecule has 0 saturated heterocycles. The van der Waals surface area contributed by atoms with Gasteiger partial charge in [-0.05, 0) is 44.2 Å². The Kier molecular flexibility index (Phi) is 5.63. The highest BCUT2D eigenvalue weighted by Gasteiger charge is 2.23. The van der Waals surface area contributed by atoms with Gasteiger partial charge in [0.25, 0.3) is 10.0 Å². The predicted octanol–water partition coefficient (Wildman–Crippen LogP) is 5.13. The van der Waals surface area contributed by atoms with Gasteiger partial charge in [-0.15, -0.1) is 0 Å². The zero-order chi connectivity index (χ0) is 25.7. The van der Waals surface area contributed by atoms with Crippen molar-refractivity contribution in [3.8, 4) is 0 Å². The van der Waals surface area contributed by atoms with Gasteiger partial charge in [-0.1, -0.05) is 45.0 Å². The summed E-state index contributed by atoms with van der Waals surface area (Å²) in [5.74, 6) is 0.560. The molecule has 0 bridgehead atoms. The molecule has 0 unspecified atom stereocenters. The van der Waals surface area contributed by atoms with Gasteiger partial charge >= 0.3 is 0 Å². The molecule has 0 radical (unpaired) electrons. The van der Waals surface area contributed by atoms with Gasteiger partial charge in [-0.25, -0.2) is 32.6 Å². The van der Waals surface area contributed by atoms with Crippen LogP contribution in [0.5, 0.6) is 0 Å². The van der Waals surface area contributed by atoms with E-state index in [0.29, 0.717) is 28.5 Å². The topological polar surface area (TPSA) is 114 Å². The normalized spacial score (nSPS) is 12.2. The molecule has 0 fully saturated rings. The standard InChI is InChI=1S/C26H27N7O2S/c1-16-14-17(2)28-25(27-16)32-36(34,35)21-13-9-7-11-19(21)29-24-18-10-6-8-12-20(18)33-23(30-24)15-22(31-33)26(3,4)5/h6-15H,1-5H3,(H,29,30)(H,27,28,32). The van der Waals surface area contributed by atoms with Gasteiger partial charge in [-0.3, -0.25) is 0 Å². The van der Waals surface area contributed by atoms with Crippen molar-refractivity contribution < 1.29 is 8.42 Å². The number of benzene rings is 2. The molecule has 3 aromatic heterocycles. The van der Waals surface area contributed by atoms with Gasteiger partial charge < -0.3 is 5.32 Å². The third-order valence-electron chi connectivity index (χ3n) is 5.71. The first-order valence-corrected chi connectivity index (χ1v) is 13.0. The van der Waals surface area contributed by atoms with Crippen LogP contribution in [-0.4, -0.2) is 33.0 Å². The maximum Gasteiger partial charge on any atom is 0.266 e. The maximum absolute atomic E-state index is 13.4. The summed E-state index contributed by atoms with van der Waals surface area (Å²) in [5, 5.41) is 8.85. The van der Waals surface area contributed by atoms with Crippen molar-refractivity contribution in [3.63, 3.8) is 0 Å². The predicted molar refractivity (Wildman–Crippen MR) is 141 cm³/mol. The fraction of sp³-hybridized carbons (Fsp3) is 0.231. The number of aryl methyl sites for hydroxylation is 2. The zero-order valence-corrected chi connectivity index (χ0v) is 21.6. The molecule has 0 aliphatic rings. The average Bonchev–Trinajstić information content (AvgIpc) is 3.23. The molecule has 0 aliphatic heterocycles. The molecule has 5 rings (SSSR count). The van der Waals surface area contributed by atoms with Crippen molar-refractivity contribution in [3.05, 3.63) is 77.7 Å². The number of nitrogens with one attached hydrogen (secondary N) is 2. The van der Waals surface area contributed by atoms with Crippen LogP contribution in [0, 0.1) is 13.8 Å². The lowest BCUT2D eigenvalue weighted by molar-refractivity contribution is 0.564. The Morgan fingerprint density at radius 1 is 0.861 bits per heavy atom. The second-order valence-electron chi connectivity index (χ2n) is 9.73. The molecule has 9 nitrogen and oxygen atoms in total. The first-order valence-electron chi connectivity index (χ1n) is 11.5. The van der Waals surface area contributed by atoms with E-state index in [1.165, 1.54) is 6.07 Å². The maximum atomic E-state index is 13.4. The molecule has 184 valence electrons. The van der Waals surface area contributed by atoms with E-state index in [0.717, 1.165) is 16.6 Å². The number of rotatable bonds is 5. The van der Waals surface area contributed by atoms with Crippen molar-refractivity contribution in [2.45, 2.75) is 44.9 Å². The number of hydrogen-bond acceptors (Lipinski definition) is 7. The summed E-state index contributed by atoms with van der Waals surface area (Å²) in [6.07, 6.45) is 0. The number of fused-ring (bicyclic) bond motifs is 3. The third-order valence-corrected chi connectivity index (χ3v) is 7.10. The summed E-state index contributed by atoms with van der Waals surface area (Å²) in [5.41, 5.74) is 4.03. The summed E-state index contributed by atoms with van der Waals surface area (Å²) in [4.78, 5) is 13.3. The lowest BCUT2D eigenvalue weighted by Gasteiger charge is -2.15. The Morgan fingerprint density at radius 3 is 2.25 bits per heavy atom. The van der Waals surface area contributed by atoms with Gasteiger partial charge in [0.15, 0.2) is 5.65 Å². The molecule has 0 spiro atoms. The van der Waals surface area contributed by atoms with Gasteiger partial charge in [0, 0.05) is 28.3 Å². The molecular formula is C26H27N7O2S. The van der Waals surface area contributed by atoms with Gasteiger partial charge in [0.2, 0.25) is 5.95 Å². The summed E-state index contributed by atoms with van der Waals surface area (Å²) in [6, 6.07) is 18.2. The van der Waals surface area contributed by atoms with E-state index in [4.69, 9.17) is 10.1 Å². The molecule has 10 heteroatoms. The minimum Gasteiger partial charge on any atom is -0.338 e. The van der Waals surface area contributed by atoms with Gasteiger partial charge in [0.1, 0.15) is 10.7 Å². The number of para-hydroxylation sites is 2. The van der Waals surface area contributed by atoms with Crippen molar-refractivity contribution >= 4 is 44.0 Å². The lowest BCUT2D eigenvalue weighted by Crippen LogP contribution is -2.17. The lowest BCUT2D eigenvalue weighted by atomic mass is 9.93. The Morgan fingerprint density at radius 2 is 1.53 bits per heavy atom. The molecule has 5 aromatic rings. The smallest absolute Gasteiger partial charge is 0.266 e. The molecule has 3 heterocycles. The van der Waals surface area contributed by atoms with E-state index in [9.17, 15) is 8.42 Å². The van der Waals surface area contributed by atoms with Crippen LogP contribution in [0.3, 0.4) is 0 Å². The van der Waals surface area contributed by atoms with Crippen molar-refractivity contribution in [1.29, 1.82) is 0 Å². The second-order valence-corrected chi connectivity index (χ2v) is 11.4. The number of sulfonamides is 1. The summed E-state index contributed by atoms with van der Waals surface area (Å²) >= 11 is 0. The van der Waals surface area contributed by atoms with E-state index in [1.54, 1.807) is 38.1 Å². The summed E-state index contributed by atoms with van der Waals surface area (Å²) < 4.78 is 31.0. The highest BCUT2D eigenvalue weighted by molar-refractivity contribution is 7.92. The Hall–Kier alpha value is -4.05. The van der Waals surface area contributed by atoms with Crippen LogP contribution in [0.1, 0.15) is 37.9 Å². The number of anilines is 3. The highest BCUT2D eigenvalue weighted by atomic mass is 32.2. The van der Waals surface area contributed by atoms with Crippen LogP contribution in [-0.2, 0) is 15.4 Å². The molecule has 0 saturated carbocycles. The van der Waals surface area contributed by atoms with Crippen LogP contribution in [0.4, 0.5) is 17.5 Å². The molecule has 0 amide bonds. The number of hydrogen-bond donors (Lipinski definition) is 2. The number of aromatic nitrogens is 5. The zero-order valence-electron chi connectivity index (χ0n) is 20.7. The first-order chi connectivity index (χ1) is 17.0. The molecule has 0 aliphatic carbocycles. The Balaban J connectivity index is 1.60. The largest absolute Gasteiger partial charge is 0.338 e. The van der Waals surface area contributed by atoms with E-state index in [1.807, 2.05) is 34.8 Å². The SMILES string of the molecule is Cc1cc(C)nc(NS(=O)(=O)c2ccccc2Nc2nc3cc(C(C)(C)C)nn3c3ccccc23)n1. The fourth-order valence-electron chi connectivity index (χ4n) is 4.00. The summed E-state index contributed by atoms with van der Waals surface area (Å²) in [6.45, 7) is 9.88.